The number of pyridine rings is 1. The van der Waals surface area contributed by atoms with Crippen molar-refractivity contribution in [2.45, 2.75) is 13.2 Å². The number of methoxy groups -OCH3 is 1. The Kier molecular flexibility index (Phi) is 9.03. The number of aliphatic carboxylic acids is 1. The number of thiophene rings is 1. The molecule has 0 saturated carbocycles. The van der Waals surface area contributed by atoms with Crippen LogP contribution in [0.25, 0.3) is 21.7 Å². The van der Waals surface area contributed by atoms with Crippen molar-refractivity contribution in [3.8, 4) is 28.7 Å². The Hall–Kier alpha value is -5.60. The molecule has 1 N–H and O–H groups in total. The number of rotatable bonds is 12. The molecule has 0 bridgehead atoms. The summed E-state index contributed by atoms with van der Waals surface area (Å²) in [6, 6.07) is 34.2. The Bertz CT molecular complexity index is 1920. The van der Waals surface area contributed by atoms with E-state index in [2.05, 4.69) is 4.98 Å². The third kappa shape index (κ3) is 7.14. The lowest BCUT2D eigenvalue weighted by atomic mass is 10.1. The highest BCUT2D eigenvalue weighted by molar-refractivity contribution is 7.20. The van der Waals surface area contributed by atoms with Gasteiger partial charge in [-0.25, -0.2) is 4.79 Å². The molecule has 7 nitrogen and oxygen atoms in total. The normalized spacial score (nSPS) is 11.3. The third-order valence-electron chi connectivity index (χ3n) is 6.99. The van der Waals surface area contributed by atoms with E-state index in [1.165, 1.54) is 11.3 Å². The fraction of sp³-hybridized carbons (Fsp3) is 0.0811. The summed E-state index contributed by atoms with van der Waals surface area (Å²) in [6.07, 6.45) is 4.77. The molecule has 0 saturated heterocycles. The molecule has 4 aromatic carbocycles. The van der Waals surface area contributed by atoms with E-state index in [-0.39, 0.29) is 5.57 Å². The molecule has 6 aromatic rings. The van der Waals surface area contributed by atoms with Crippen molar-refractivity contribution in [1.82, 2.24) is 4.98 Å². The van der Waals surface area contributed by atoms with Crippen LogP contribution in [0, 0.1) is 0 Å². The average molecular weight is 616 g/mol. The molecule has 0 unspecified atom stereocenters. The molecular formula is C37H29NO6S. The standard InChI is InChI=1S/C37H29NO6S/c1-41-28-12-14-29(15-13-28)44-36-31-20-32(42-23-25-8-4-2-5-9-25)33(43-24-26-10-6-3-7-11-26)22-34(31)45-35(36)21-30(37(39)40)27-16-18-38-19-17-27/h2-22H,23-24H2,1H3,(H,39,40)/b30-21+. The predicted octanol–water partition coefficient (Wildman–Crippen LogP) is 8.88. The first-order chi connectivity index (χ1) is 22.1. The summed E-state index contributed by atoms with van der Waals surface area (Å²) < 4.78 is 25.3. The quantitative estimate of drug-likeness (QED) is 0.138. The van der Waals surface area contributed by atoms with Crippen molar-refractivity contribution in [1.29, 1.82) is 0 Å². The Morgan fingerprint density at radius 1 is 0.778 bits per heavy atom. The van der Waals surface area contributed by atoms with E-state index < -0.39 is 5.97 Å². The number of hydrogen-bond donors (Lipinski definition) is 1. The largest absolute Gasteiger partial charge is 0.497 e. The fourth-order valence-electron chi connectivity index (χ4n) is 4.69. The number of carboxylic acid groups (broad SMARTS) is 1. The van der Waals surface area contributed by atoms with Crippen LogP contribution < -0.4 is 18.9 Å². The van der Waals surface area contributed by atoms with E-state index in [1.54, 1.807) is 49.8 Å². The topological polar surface area (TPSA) is 87.1 Å². The number of aromatic nitrogens is 1. The van der Waals surface area contributed by atoms with Crippen LogP contribution >= 0.6 is 11.3 Å². The van der Waals surface area contributed by atoms with Gasteiger partial charge in [0.25, 0.3) is 0 Å². The summed E-state index contributed by atoms with van der Waals surface area (Å²) in [5, 5.41) is 10.9. The van der Waals surface area contributed by atoms with Crippen molar-refractivity contribution in [3.63, 3.8) is 0 Å². The van der Waals surface area contributed by atoms with E-state index in [9.17, 15) is 9.90 Å². The first-order valence-corrected chi connectivity index (χ1v) is 15.0. The Labute approximate surface area is 264 Å². The van der Waals surface area contributed by atoms with Crippen LogP contribution in [-0.4, -0.2) is 23.2 Å². The van der Waals surface area contributed by atoms with Crippen molar-refractivity contribution >= 4 is 39.0 Å². The number of fused-ring (bicyclic) bond motifs is 1. The molecule has 8 heteroatoms. The summed E-state index contributed by atoms with van der Waals surface area (Å²) >= 11 is 1.41. The van der Waals surface area contributed by atoms with E-state index in [4.69, 9.17) is 18.9 Å². The van der Waals surface area contributed by atoms with Gasteiger partial charge in [0.1, 0.15) is 24.7 Å². The third-order valence-corrected chi connectivity index (χ3v) is 8.07. The molecule has 0 aliphatic heterocycles. The van der Waals surface area contributed by atoms with Gasteiger partial charge in [0, 0.05) is 28.5 Å². The maximum atomic E-state index is 12.4. The van der Waals surface area contributed by atoms with Crippen LogP contribution in [-0.2, 0) is 18.0 Å². The molecule has 0 radical (unpaired) electrons. The molecule has 45 heavy (non-hydrogen) atoms. The van der Waals surface area contributed by atoms with Gasteiger partial charge in [0.2, 0.25) is 0 Å². The maximum absolute atomic E-state index is 12.4. The minimum absolute atomic E-state index is 0.115. The highest BCUT2D eigenvalue weighted by Gasteiger charge is 2.21. The van der Waals surface area contributed by atoms with Crippen LogP contribution in [0.4, 0.5) is 0 Å². The first kappa shape index (κ1) is 29.5. The van der Waals surface area contributed by atoms with Gasteiger partial charge in [-0.05, 0) is 65.2 Å². The minimum Gasteiger partial charge on any atom is -0.497 e. The first-order valence-electron chi connectivity index (χ1n) is 14.2. The predicted molar refractivity (Wildman–Crippen MR) is 176 cm³/mol. The fourth-order valence-corrected chi connectivity index (χ4v) is 5.78. The van der Waals surface area contributed by atoms with Gasteiger partial charge in [0.15, 0.2) is 17.2 Å². The average Bonchev–Trinajstić information content (AvgIpc) is 3.41. The highest BCUT2D eigenvalue weighted by atomic mass is 32.1. The summed E-state index contributed by atoms with van der Waals surface area (Å²) in [4.78, 5) is 17.1. The highest BCUT2D eigenvalue weighted by Crippen LogP contribution is 2.47. The van der Waals surface area contributed by atoms with Crippen LogP contribution in [0.1, 0.15) is 21.6 Å². The molecule has 0 amide bonds. The van der Waals surface area contributed by atoms with Gasteiger partial charge in [-0.3, -0.25) is 4.98 Å². The Morgan fingerprint density at radius 3 is 1.93 bits per heavy atom. The van der Waals surface area contributed by atoms with E-state index >= 15 is 0 Å². The lowest BCUT2D eigenvalue weighted by Gasteiger charge is -2.14. The van der Waals surface area contributed by atoms with E-state index in [0.717, 1.165) is 21.2 Å². The number of carboxylic acids is 1. The summed E-state index contributed by atoms with van der Waals surface area (Å²) in [7, 11) is 1.60. The van der Waals surface area contributed by atoms with Gasteiger partial charge < -0.3 is 24.1 Å². The van der Waals surface area contributed by atoms with E-state index in [1.807, 2.05) is 84.9 Å². The van der Waals surface area contributed by atoms with Crippen molar-refractivity contribution in [2.75, 3.05) is 7.11 Å². The molecule has 224 valence electrons. The van der Waals surface area contributed by atoms with Crippen LogP contribution in [0.2, 0.25) is 0 Å². The Morgan fingerprint density at radius 2 is 1.36 bits per heavy atom. The van der Waals surface area contributed by atoms with E-state index in [0.29, 0.717) is 52.4 Å². The lowest BCUT2D eigenvalue weighted by molar-refractivity contribution is -0.130. The van der Waals surface area contributed by atoms with Crippen molar-refractivity contribution < 1.29 is 28.8 Å². The second kappa shape index (κ2) is 13.8. The number of benzene rings is 4. The minimum atomic E-state index is -1.06. The smallest absolute Gasteiger partial charge is 0.336 e. The van der Waals surface area contributed by atoms with Crippen molar-refractivity contribution in [2.24, 2.45) is 0 Å². The Balaban J connectivity index is 1.47. The molecule has 6 rings (SSSR count). The monoisotopic (exact) mass is 615 g/mol. The number of carbonyl (C=O) groups is 1. The van der Waals surface area contributed by atoms with Gasteiger partial charge in [-0.15, -0.1) is 11.3 Å². The van der Waals surface area contributed by atoms with Crippen LogP contribution in [0.5, 0.6) is 28.7 Å². The molecular weight excluding hydrogens is 586 g/mol. The lowest BCUT2D eigenvalue weighted by Crippen LogP contribution is -2.00. The zero-order chi connectivity index (χ0) is 31.0. The van der Waals surface area contributed by atoms with Gasteiger partial charge in [0.05, 0.1) is 17.6 Å². The van der Waals surface area contributed by atoms with Gasteiger partial charge >= 0.3 is 5.97 Å². The summed E-state index contributed by atoms with van der Waals surface area (Å²) in [6.45, 7) is 0.692. The number of nitrogens with zero attached hydrogens (tertiary/aromatic N) is 1. The second-order valence-electron chi connectivity index (χ2n) is 10.0. The molecule has 2 aromatic heterocycles. The van der Waals surface area contributed by atoms with Crippen LogP contribution in [0.15, 0.2) is 122 Å². The molecule has 0 aliphatic rings. The number of ether oxygens (including phenoxy) is 4. The summed E-state index contributed by atoms with van der Waals surface area (Å²) in [5.74, 6) is 1.83. The molecule has 0 aliphatic carbocycles. The number of hydrogen-bond acceptors (Lipinski definition) is 7. The summed E-state index contributed by atoms with van der Waals surface area (Å²) in [5.41, 5.74) is 2.68. The molecule has 0 atom stereocenters. The zero-order valence-electron chi connectivity index (χ0n) is 24.4. The zero-order valence-corrected chi connectivity index (χ0v) is 25.2. The van der Waals surface area contributed by atoms with Crippen LogP contribution in [0.3, 0.4) is 0 Å². The van der Waals surface area contributed by atoms with Gasteiger partial charge in [-0.1, -0.05) is 60.7 Å². The second-order valence-corrected chi connectivity index (χ2v) is 11.1. The molecule has 0 spiro atoms. The maximum Gasteiger partial charge on any atom is 0.336 e. The SMILES string of the molecule is COc1ccc(Oc2c(/C=C(/C(=O)O)c3ccncc3)sc3cc(OCc4ccccc4)c(OCc4ccccc4)cc23)cc1. The van der Waals surface area contributed by atoms with Crippen molar-refractivity contribution in [3.05, 3.63) is 143 Å². The molecule has 2 heterocycles. The molecule has 0 fully saturated rings. The van der Waals surface area contributed by atoms with Gasteiger partial charge in [-0.2, -0.15) is 0 Å².